The van der Waals surface area contributed by atoms with E-state index in [0.717, 1.165) is 17.0 Å². The van der Waals surface area contributed by atoms with Crippen molar-refractivity contribution in [1.29, 1.82) is 0 Å². The number of amides is 1. The van der Waals surface area contributed by atoms with Crippen molar-refractivity contribution in [3.8, 4) is 11.5 Å². The Bertz CT molecular complexity index is 1330. The summed E-state index contributed by atoms with van der Waals surface area (Å²) in [7, 11) is 1.46. The summed E-state index contributed by atoms with van der Waals surface area (Å²) in [6, 6.07) is 11.3. The van der Waals surface area contributed by atoms with Gasteiger partial charge in [-0.2, -0.15) is 0 Å². The molecule has 2 aromatic carbocycles. The number of hydrogen-bond donors (Lipinski definition) is 1. The first-order chi connectivity index (χ1) is 16.6. The van der Waals surface area contributed by atoms with Crippen LogP contribution in [0.15, 0.2) is 77.0 Å². The third kappa shape index (κ3) is 4.85. The number of aliphatic hydroxyl groups is 1. The van der Waals surface area contributed by atoms with Crippen molar-refractivity contribution in [3.05, 3.63) is 88.2 Å². The fraction of sp³-hybridized carbons (Fsp3) is 0.125. The minimum absolute atomic E-state index is 0.0299. The van der Waals surface area contributed by atoms with E-state index in [1.807, 2.05) is 0 Å². The zero-order chi connectivity index (χ0) is 25.3. The molecule has 1 atom stereocenters. The van der Waals surface area contributed by atoms with Gasteiger partial charge < -0.3 is 14.6 Å². The number of aromatic nitrogens is 1. The molecule has 1 saturated heterocycles. The third-order valence-corrected chi connectivity index (χ3v) is 5.82. The van der Waals surface area contributed by atoms with Gasteiger partial charge >= 0.3 is 6.36 Å². The lowest BCUT2D eigenvalue weighted by Crippen LogP contribution is -2.29. The Morgan fingerprint density at radius 1 is 1.11 bits per heavy atom. The average Bonchev–Trinajstić information content (AvgIpc) is 3.08. The molecule has 0 bridgehead atoms. The Hall–Kier alpha value is -3.86. The maximum atomic E-state index is 13.1. The molecule has 0 aliphatic carbocycles. The summed E-state index contributed by atoms with van der Waals surface area (Å²) in [5.74, 6) is -2.60. The van der Waals surface area contributed by atoms with Crippen LogP contribution < -0.4 is 14.4 Å². The minimum Gasteiger partial charge on any atom is -0.507 e. The lowest BCUT2D eigenvalue weighted by molar-refractivity contribution is -0.274. The Morgan fingerprint density at radius 2 is 1.89 bits per heavy atom. The lowest BCUT2D eigenvalue weighted by Gasteiger charge is -2.25. The SMILES string of the molecule is COc1ccc(/C(O)=C2\C(=O)C(=O)N(c3cccc(OC(F)(F)F)c3)C2c2cccnc2)cc1Br. The Kier molecular flexibility index (Phi) is 6.53. The van der Waals surface area contributed by atoms with Crippen LogP contribution in [0.5, 0.6) is 11.5 Å². The standard InChI is InChI=1S/C24H16BrF3N2O5/c1-34-18-8-7-13(10-17(18)25)21(31)19-20(14-4-3-9-29-12-14)30(23(33)22(19)32)15-5-2-6-16(11-15)35-24(26,27)28/h2-12,20,31H,1H3/b21-19+. The number of nitrogens with zero attached hydrogens (tertiary/aromatic N) is 2. The number of pyridine rings is 1. The highest BCUT2D eigenvalue weighted by molar-refractivity contribution is 9.10. The molecule has 11 heteroatoms. The van der Waals surface area contributed by atoms with Gasteiger partial charge in [0.2, 0.25) is 0 Å². The van der Waals surface area contributed by atoms with E-state index in [1.165, 1.54) is 43.8 Å². The van der Waals surface area contributed by atoms with Crippen LogP contribution in [0.2, 0.25) is 0 Å². The van der Waals surface area contributed by atoms with Gasteiger partial charge in [-0.15, -0.1) is 13.2 Å². The van der Waals surface area contributed by atoms with Crippen molar-refractivity contribution in [2.24, 2.45) is 0 Å². The van der Waals surface area contributed by atoms with Crippen LogP contribution in [0.3, 0.4) is 0 Å². The predicted molar refractivity (Wildman–Crippen MR) is 123 cm³/mol. The number of carbonyl (C=O) groups excluding carboxylic acids is 2. The molecule has 0 saturated carbocycles. The summed E-state index contributed by atoms with van der Waals surface area (Å²) in [6.45, 7) is 0. The van der Waals surface area contributed by atoms with E-state index in [2.05, 4.69) is 25.7 Å². The largest absolute Gasteiger partial charge is 0.573 e. The monoisotopic (exact) mass is 548 g/mol. The molecule has 0 radical (unpaired) electrons. The number of benzene rings is 2. The summed E-state index contributed by atoms with van der Waals surface area (Å²) < 4.78 is 47.9. The first-order valence-electron chi connectivity index (χ1n) is 10.0. The average molecular weight is 549 g/mol. The van der Waals surface area contributed by atoms with Gasteiger partial charge in [0.25, 0.3) is 11.7 Å². The number of ether oxygens (including phenoxy) is 2. The van der Waals surface area contributed by atoms with Gasteiger partial charge in [-0.1, -0.05) is 12.1 Å². The highest BCUT2D eigenvalue weighted by Gasteiger charge is 2.47. The molecule has 1 aromatic heterocycles. The molecule has 1 aliphatic rings. The summed E-state index contributed by atoms with van der Waals surface area (Å²) >= 11 is 3.31. The van der Waals surface area contributed by atoms with Gasteiger partial charge in [0.15, 0.2) is 0 Å². The molecule has 180 valence electrons. The highest BCUT2D eigenvalue weighted by Crippen LogP contribution is 2.43. The fourth-order valence-corrected chi connectivity index (χ4v) is 4.29. The second-order valence-electron chi connectivity index (χ2n) is 7.35. The normalized spacial score (nSPS) is 17.5. The van der Waals surface area contributed by atoms with Crippen molar-refractivity contribution in [2.75, 3.05) is 12.0 Å². The van der Waals surface area contributed by atoms with Crippen LogP contribution in [0.1, 0.15) is 17.2 Å². The van der Waals surface area contributed by atoms with Crippen LogP contribution in [-0.4, -0.2) is 35.3 Å². The maximum absolute atomic E-state index is 13.1. The van der Waals surface area contributed by atoms with Crippen molar-refractivity contribution in [1.82, 2.24) is 4.98 Å². The van der Waals surface area contributed by atoms with E-state index < -0.39 is 35.6 Å². The van der Waals surface area contributed by atoms with E-state index >= 15 is 0 Å². The van der Waals surface area contributed by atoms with Gasteiger partial charge in [-0.3, -0.25) is 19.5 Å². The van der Waals surface area contributed by atoms with E-state index in [-0.39, 0.29) is 16.8 Å². The summed E-state index contributed by atoms with van der Waals surface area (Å²) in [5.41, 5.74) is 0.307. The number of rotatable bonds is 5. The predicted octanol–water partition coefficient (Wildman–Crippen LogP) is 5.38. The van der Waals surface area contributed by atoms with Crippen molar-refractivity contribution in [3.63, 3.8) is 0 Å². The van der Waals surface area contributed by atoms with Crippen LogP contribution >= 0.6 is 15.9 Å². The summed E-state index contributed by atoms with van der Waals surface area (Å²) in [4.78, 5) is 31.3. The summed E-state index contributed by atoms with van der Waals surface area (Å²) in [5, 5.41) is 11.1. The number of methoxy groups -OCH3 is 1. The minimum atomic E-state index is -4.95. The van der Waals surface area contributed by atoms with Crippen molar-refractivity contribution in [2.45, 2.75) is 12.4 Å². The third-order valence-electron chi connectivity index (χ3n) is 5.20. The zero-order valence-corrected chi connectivity index (χ0v) is 19.5. The molecule has 1 aliphatic heterocycles. The van der Waals surface area contributed by atoms with Crippen LogP contribution in [0.4, 0.5) is 18.9 Å². The zero-order valence-electron chi connectivity index (χ0n) is 17.9. The number of aliphatic hydroxyl groups excluding tert-OH is 1. The highest BCUT2D eigenvalue weighted by atomic mass is 79.9. The number of ketones is 1. The maximum Gasteiger partial charge on any atom is 0.573 e. The van der Waals surface area contributed by atoms with Crippen LogP contribution in [0, 0.1) is 0 Å². The second-order valence-corrected chi connectivity index (χ2v) is 8.20. The second kappa shape index (κ2) is 9.41. The number of halogens is 4. The quantitative estimate of drug-likeness (QED) is 0.261. The number of alkyl halides is 3. The van der Waals surface area contributed by atoms with Gasteiger partial charge in [0.1, 0.15) is 17.3 Å². The molecule has 1 amide bonds. The molecule has 1 N–H and O–H groups in total. The first kappa shape index (κ1) is 24.3. The number of carbonyl (C=O) groups is 2. The van der Waals surface area contributed by atoms with E-state index in [9.17, 15) is 27.9 Å². The molecule has 4 rings (SSSR count). The Balaban J connectivity index is 1.89. The van der Waals surface area contributed by atoms with E-state index in [0.29, 0.717) is 15.8 Å². The van der Waals surface area contributed by atoms with Crippen molar-refractivity contribution < 1.29 is 37.3 Å². The fourth-order valence-electron chi connectivity index (χ4n) is 3.75. The molecule has 0 spiro atoms. The first-order valence-corrected chi connectivity index (χ1v) is 10.8. The Morgan fingerprint density at radius 3 is 2.51 bits per heavy atom. The van der Waals surface area contributed by atoms with Crippen LogP contribution in [0.25, 0.3) is 5.76 Å². The van der Waals surface area contributed by atoms with E-state index in [1.54, 1.807) is 18.2 Å². The molecule has 35 heavy (non-hydrogen) atoms. The molecular formula is C24H16BrF3N2O5. The smallest absolute Gasteiger partial charge is 0.507 e. The molecule has 1 fully saturated rings. The molecule has 1 unspecified atom stereocenters. The van der Waals surface area contributed by atoms with Gasteiger partial charge in [-0.25, -0.2) is 0 Å². The van der Waals surface area contributed by atoms with Crippen molar-refractivity contribution >= 4 is 39.1 Å². The van der Waals surface area contributed by atoms with Gasteiger partial charge in [0.05, 0.1) is 23.2 Å². The molecular weight excluding hydrogens is 533 g/mol. The number of Topliss-reactive ketones (excluding diaryl/α,β-unsaturated/α-hetero) is 1. The van der Waals surface area contributed by atoms with E-state index in [4.69, 9.17) is 4.74 Å². The molecule has 3 aromatic rings. The number of anilines is 1. The molecule has 2 heterocycles. The lowest BCUT2D eigenvalue weighted by atomic mass is 9.96. The van der Waals surface area contributed by atoms with Gasteiger partial charge in [0, 0.05) is 29.7 Å². The summed E-state index contributed by atoms with van der Waals surface area (Å²) in [6.07, 6.45) is -2.07. The Labute approximate surface area is 205 Å². The number of hydrogen-bond acceptors (Lipinski definition) is 6. The topological polar surface area (TPSA) is 89.0 Å². The van der Waals surface area contributed by atoms with Gasteiger partial charge in [-0.05, 0) is 57.9 Å². The molecule has 7 nitrogen and oxygen atoms in total. The van der Waals surface area contributed by atoms with Crippen LogP contribution in [-0.2, 0) is 9.59 Å².